The maximum Gasteiger partial charge on any atom is 0.251 e. The zero-order valence-electron chi connectivity index (χ0n) is 11.4. The van der Waals surface area contributed by atoms with Crippen LogP contribution in [0.25, 0.3) is 0 Å². The molecule has 0 aliphatic carbocycles. The number of thiazole rings is 1. The van der Waals surface area contributed by atoms with E-state index in [0.717, 1.165) is 5.01 Å². The first-order chi connectivity index (χ1) is 8.97. The van der Waals surface area contributed by atoms with Gasteiger partial charge >= 0.3 is 0 Å². The minimum atomic E-state index is -0.0596. The molecule has 1 aromatic heterocycles. The van der Waals surface area contributed by atoms with Crippen molar-refractivity contribution in [2.45, 2.75) is 32.7 Å². The monoisotopic (exact) mass is 274 g/mol. The van der Waals surface area contributed by atoms with Crippen LogP contribution in [0, 0.1) is 0 Å². The fourth-order valence-electron chi connectivity index (χ4n) is 1.72. The van der Waals surface area contributed by atoms with Gasteiger partial charge in [-0.25, -0.2) is 4.98 Å². The van der Waals surface area contributed by atoms with Gasteiger partial charge in [-0.1, -0.05) is 32.9 Å². The topological polar surface area (TPSA) is 42.0 Å². The zero-order chi connectivity index (χ0) is 13.9. The first-order valence-corrected chi connectivity index (χ1v) is 7.12. The van der Waals surface area contributed by atoms with Gasteiger partial charge in [0.15, 0.2) is 0 Å². The Bertz CT molecular complexity index is 539. The van der Waals surface area contributed by atoms with E-state index < -0.39 is 0 Å². The van der Waals surface area contributed by atoms with Crippen LogP contribution in [0.3, 0.4) is 0 Å². The summed E-state index contributed by atoms with van der Waals surface area (Å²) < 4.78 is 0. The van der Waals surface area contributed by atoms with E-state index in [1.54, 1.807) is 17.5 Å². The molecule has 0 unspecified atom stereocenters. The molecule has 0 spiro atoms. The van der Waals surface area contributed by atoms with Gasteiger partial charge in [0.1, 0.15) is 5.01 Å². The van der Waals surface area contributed by atoms with Crippen molar-refractivity contribution in [1.29, 1.82) is 0 Å². The summed E-state index contributed by atoms with van der Waals surface area (Å²) in [6.07, 6.45) is 1.74. The van der Waals surface area contributed by atoms with E-state index in [4.69, 9.17) is 0 Å². The normalized spacial score (nSPS) is 11.3. The van der Waals surface area contributed by atoms with Gasteiger partial charge in [0.25, 0.3) is 5.91 Å². The second kappa shape index (κ2) is 5.53. The molecule has 19 heavy (non-hydrogen) atoms. The highest BCUT2D eigenvalue weighted by Gasteiger charge is 2.14. The van der Waals surface area contributed by atoms with Crippen LogP contribution in [0.1, 0.15) is 41.7 Å². The highest BCUT2D eigenvalue weighted by Crippen LogP contribution is 2.22. The van der Waals surface area contributed by atoms with Gasteiger partial charge in [-0.05, 0) is 23.1 Å². The van der Waals surface area contributed by atoms with E-state index in [1.807, 2.05) is 29.6 Å². The minimum Gasteiger partial charge on any atom is -0.346 e. The maximum absolute atomic E-state index is 12.0. The lowest BCUT2D eigenvalue weighted by Gasteiger charge is -2.19. The molecule has 0 aliphatic rings. The number of amides is 1. The molecule has 0 saturated heterocycles. The van der Waals surface area contributed by atoms with Gasteiger partial charge in [0.05, 0.1) is 6.54 Å². The van der Waals surface area contributed by atoms with Crippen molar-refractivity contribution in [3.63, 3.8) is 0 Å². The summed E-state index contributed by atoms with van der Waals surface area (Å²) in [7, 11) is 0. The summed E-state index contributed by atoms with van der Waals surface area (Å²) in [6.45, 7) is 6.96. The second-order valence-corrected chi connectivity index (χ2v) is 6.41. The van der Waals surface area contributed by atoms with Crippen molar-refractivity contribution in [3.05, 3.63) is 52.0 Å². The Morgan fingerprint density at radius 3 is 2.47 bits per heavy atom. The van der Waals surface area contributed by atoms with Gasteiger partial charge in [0, 0.05) is 17.1 Å². The number of hydrogen-bond acceptors (Lipinski definition) is 3. The van der Waals surface area contributed by atoms with E-state index in [9.17, 15) is 4.79 Å². The van der Waals surface area contributed by atoms with Crippen LogP contribution < -0.4 is 5.32 Å². The van der Waals surface area contributed by atoms with Crippen LogP contribution in [-0.2, 0) is 12.0 Å². The summed E-state index contributed by atoms with van der Waals surface area (Å²) >= 11 is 1.54. The minimum absolute atomic E-state index is 0.0596. The molecule has 1 amide bonds. The average Bonchev–Trinajstić information content (AvgIpc) is 2.88. The quantitative estimate of drug-likeness (QED) is 0.932. The summed E-state index contributed by atoms with van der Waals surface area (Å²) in [4.78, 5) is 16.1. The number of carbonyl (C=O) groups is 1. The van der Waals surface area contributed by atoms with Crippen molar-refractivity contribution >= 4 is 17.2 Å². The Balaban J connectivity index is 2.00. The molecule has 0 saturated carbocycles. The van der Waals surface area contributed by atoms with Crippen LogP contribution in [0.2, 0.25) is 0 Å². The number of nitrogens with zero attached hydrogens (tertiary/aromatic N) is 1. The predicted molar refractivity (Wildman–Crippen MR) is 78.4 cm³/mol. The molecule has 0 aliphatic heterocycles. The Hall–Kier alpha value is -1.68. The lowest BCUT2D eigenvalue weighted by atomic mass is 9.87. The van der Waals surface area contributed by atoms with E-state index in [1.165, 1.54) is 5.56 Å². The zero-order valence-corrected chi connectivity index (χ0v) is 12.3. The van der Waals surface area contributed by atoms with Gasteiger partial charge < -0.3 is 5.32 Å². The molecule has 3 nitrogen and oxygen atoms in total. The van der Waals surface area contributed by atoms with Crippen molar-refractivity contribution in [2.75, 3.05) is 0 Å². The number of hydrogen-bond donors (Lipinski definition) is 1. The van der Waals surface area contributed by atoms with E-state index in [0.29, 0.717) is 12.1 Å². The molecule has 0 atom stereocenters. The standard InChI is InChI=1S/C15H18N2OS/c1-15(2,3)12-6-4-11(5-7-12)14(18)17-10-13-16-8-9-19-13/h4-9H,10H2,1-3H3,(H,17,18). The fraction of sp³-hybridized carbons (Fsp3) is 0.333. The van der Waals surface area contributed by atoms with Crippen LogP contribution in [0.4, 0.5) is 0 Å². The number of benzene rings is 1. The molecular formula is C15H18N2OS. The first kappa shape index (κ1) is 13.7. The van der Waals surface area contributed by atoms with Gasteiger partial charge in [-0.15, -0.1) is 11.3 Å². The number of carbonyl (C=O) groups excluding carboxylic acids is 1. The third kappa shape index (κ3) is 3.64. The Morgan fingerprint density at radius 2 is 1.95 bits per heavy atom. The van der Waals surface area contributed by atoms with Crippen LogP contribution in [-0.4, -0.2) is 10.9 Å². The number of aromatic nitrogens is 1. The Kier molecular flexibility index (Phi) is 4.00. The molecule has 0 radical (unpaired) electrons. The average molecular weight is 274 g/mol. The highest BCUT2D eigenvalue weighted by molar-refractivity contribution is 7.09. The van der Waals surface area contributed by atoms with E-state index in [2.05, 4.69) is 31.1 Å². The summed E-state index contributed by atoms with van der Waals surface area (Å²) in [5.74, 6) is -0.0596. The predicted octanol–water partition coefficient (Wildman–Crippen LogP) is 3.37. The lowest BCUT2D eigenvalue weighted by molar-refractivity contribution is 0.0951. The summed E-state index contributed by atoms with van der Waals surface area (Å²) in [5.41, 5.74) is 2.02. The maximum atomic E-state index is 12.0. The second-order valence-electron chi connectivity index (χ2n) is 5.44. The fourth-order valence-corrected chi connectivity index (χ4v) is 2.28. The van der Waals surface area contributed by atoms with Crippen molar-refractivity contribution in [3.8, 4) is 0 Å². The van der Waals surface area contributed by atoms with Gasteiger partial charge in [-0.2, -0.15) is 0 Å². The third-order valence-corrected chi connectivity index (χ3v) is 3.68. The van der Waals surface area contributed by atoms with E-state index in [-0.39, 0.29) is 11.3 Å². The van der Waals surface area contributed by atoms with Crippen molar-refractivity contribution in [1.82, 2.24) is 10.3 Å². The van der Waals surface area contributed by atoms with Crippen LogP contribution in [0.15, 0.2) is 35.8 Å². The SMILES string of the molecule is CC(C)(C)c1ccc(C(=O)NCc2nccs2)cc1. The summed E-state index contributed by atoms with van der Waals surface area (Å²) in [5, 5.41) is 5.69. The van der Waals surface area contributed by atoms with Gasteiger partial charge in [-0.3, -0.25) is 4.79 Å². The van der Waals surface area contributed by atoms with Crippen molar-refractivity contribution in [2.24, 2.45) is 0 Å². The van der Waals surface area contributed by atoms with Gasteiger partial charge in [0.2, 0.25) is 0 Å². The third-order valence-electron chi connectivity index (χ3n) is 2.90. The van der Waals surface area contributed by atoms with Crippen molar-refractivity contribution < 1.29 is 4.79 Å². The number of rotatable bonds is 3. The summed E-state index contributed by atoms with van der Waals surface area (Å²) in [6, 6.07) is 7.77. The molecule has 4 heteroatoms. The first-order valence-electron chi connectivity index (χ1n) is 6.24. The highest BCUT2D eigenvalue weighted by atomic mass is 32.1. The molecule has 0 bridgehead atoms. The smallest absolute Gasteiger partial charge is 0.251 e. The Morgan fingerprint density at radius 1 is 1.26 bits per heavy atom. The molecular weight excluding hydrogens is 256 g/mol. The van der Waals surface area contributed by atoms with E-state index >= 15 is 0 Å². The molecule has 2 aromatic rings. The molecule has 1 heterocycles. The van der Waals surface area contributed by atoms with Crippen LogP contribution in [0.5, 0.6) is 0 Å². The number of nitrogens with one attached hydrogen (secondary N) is 1. The lowest BCUT2D eigenvalue weighted by Crippen LogP contribution is -2.23. The molecule has 0 fully saturated rings. The molecule has 1 aromatic carbocycles. The largest absolute Gasteiger partial charge is 0.346 e. The molecule has 100 valence electrons. The molecule has 2 rings (SSSR count). The molecule has 1 N–H and O–H groups in total. The Labute approximate surface area is 117 Å². The van der Waals surface area contributed by atoms with Crippen LogP contribution >= 0.6 is 11.3 Å².